The van der Waals surface area contributed by atoms with Crippen LogP contribution in [0.5, 0.6) is 0 Å². The number of rotatable bonds is 6. The van der Waals surface area contributed by atoms with Crippen molar-refractivity contribution >= 4 is 17.5 Å². The average Bonchev–Trinajstić information content (AvgIpc) is 3.19. The standard InChI is InChI=1S/C15H21N3O2/c1-18(10-14(19)17-13-6-7-13)15(20)8-5-11-3-2-4-12(16)9-11/h2-4,9,13H,5-8,10,16H2,1H3,(H,17,19). The van der Waals surface area contributed by atoms with Gasteiger partial charge in [-0.2, -0.15) is 0 Å². The Morgan fingerprint density at radius 3 is 2.80 bits per heavy atom. The third-order valence-electron chi connectivity index (χ3n) is 3.33. The first-order valence-electron chi connectivity index (χ1n) is 6.92. The highest BCUT2D eigenvalue weighted by molar-refractivity contribution is 5.85. The number of nitrogens with zero attached hydrogens (tertiary/aromatic N) is 1. The molecule has 2 amide bonds. The lowest BCUT2D eigenvalue weighted by Gasteiger charge is -2.16. The van der Waals surface area contributed by atoms with Crippen molar-refractivity contribution in [2.75, 3.05) is 19.3 Å². The number of nitrogens with two attached hydrogens (primary N) is 1. The fourth-order valence-corrected chi connectivity index (χ4v) is 2.00. The highest BCUT2D eigenvalue weighted by Gasteiger charge is 2.24. The number of likely N-dealkylation sites (N-methyl/N-ethyl adjacent to an activating group) is 1. The molecule has 1 aliphatic rings. The molecule has 0 saturated heterocycles. The maximum atomic E-state index is 12.0. The smallest absolute Gasteiger partial charge is 0.239 e. The van der Waals surface area contributed by atoms with E-state index in [1.165, 1.54) is 4.90 Å². The predicted octanol–water partition coefficient (Wildman–Crippen LogP) is 0.938. The highest BCUT2D eigenvalue weighted by atomic mass is 16.2. The van der Waals surface area contributed by atoms with Crippen molar-refractivity contribution in [3.63, 3.8) is 0 Å². The maximum absolute atomic E-state index is 12.0. The molecule has 3 N–H and O–H groups in total. The van der Waals surface area contributed by atoms with Gasteiger partial charge in [-0.3, -0.25) is 9.59 Å². The number of hydrogen-bond donors (Lipinski definition) is 2. The molecule has 0 bridgehead atoms. The van der Waals surface area contributed by atoms with Crippen LogP contribution in [0.3, 0.4) is 0 Å². The van der Waals surface area contributed by atoms with E-state index in [0.717, 1.165) is 18.4 Å². The van der Waals surface area contributed by atoms with Crippen LogP contribution in [0.1, 0.15) is 24.8 Å². The van der Waals surface area contributed by atoms with Crippen molar-refractivity contribution < 1.29 is 9.59 Å². The Hall–Kier alpha value is -2.04. The minimum Gasteiger partial charge on any atom is -0.399 e. The Kier molecular flexibility index (Phi) is 4.61. The number of amides is 2. The number of aryl methyl sites for hydroxylation is 1. The third kappa shape index (κ3) is 4.57. The lowest BCUT2D eigenvalue weighted by atomic mass is 10.1. The van der Waals surface area contributed by atoms with Crippen molar-refractivity contribution in [2.24, 2.45) is 0 Å². The summed E-state index contributed by atoms with van der Waals surface area (Å²) in [4.78, 5) is 25.0. The summed E-state index contributed by atoms with van der Waals surface area (Å²) in [5.41, 5.74) is 7.43. The number of nitrogens with one attached hydrogen (secondary N) is 1. The Balaban J connectivity index is 1.74. The summed E-state index contributed by atoms with van der Waals surface area (Å²) in [6, 6.07) is 7.84. The van der Waals surface area contributed by atoms with Crippen LogP contribution >= 0.6 is 0 Å². The summed E-state index contributed by atoms with van der Waals surface area (Å²) in [6.45, 7) is 0.131. The summed E-state index contributed by atoms with van der Waals surface area (Å²) in [5.74, 6) is -0.106. The Morgan fingerprint density at radius 1 is 1.40 bits per heavy atom. The van der Waals surface area contributed by atoms with Gasteiger partial charge in [-0.05, 0) is 37.0 Å². The van der Waals surface area contributed by atoms with Gasteiger partial charge in [-0.25, -0.2) is 0 Å². The summed E-state index contributed by atoms with van der Waals surface area (Å²) in [6.07, 6.45) is 3.13. The van der Waals surface area contributed by atoms with Crippen molar-refractivity contribution in [3.8, 4) is 0 Å². The molecule has 0 radical (unpaired) electrons. The van der Waals surface area contributed by atoms with E-state index >= 15 is 0 Å². The van der Waals surface area contributed by atoms with Gasteiger partial charge in [0.15, 0.2) is 0 Å². The van der Waals surface area contributed by atoms with E-state index in [0.29, 0.717) is 24.6 Å². The van der Waals surface area contributed by atoms with Crippen molar-refractivity contribution in [3.05, 3.63) is 29.8 Å². The van der Waals surface area contributed by atoms with Gasteiger partial charge in [-0.15, -0.1) is 0 Å². The number of benzene rings is 1. The molecule has 0 aromatic heterocycles. The predicted molar refractivity (Wildman–Crippen MR) is 78.0 cm³/mol. The van der Waals surface area contributed by atoms with E-state index in [1.807, 2.05) is 24.3 Å². The number of hydrogen-bond acceptors (Lipinski definition) is 3. The van der Waals surface area contributed by atoms with Crippen LogP contribution in [0.25, 0.3) is 0 Å². The summed E-state index contributed by atoms with van der Waals surface area (Å²) >= 11 is 0. The fraction of sp³-hybridized carbons (Fsp3) is 0.467. The van der Waals surface area contributed by atoms with E-state index in [-0.39, 0.29) is 18.4 Å². The van der Waals surface area contributed by atoms with Gasteiger partial charge in [0.25, 0.3) is 0 Å². The fourth-order valence-electron chi connectivity index (χ4n) is 2.00. The van der Waals surface area contributed by atoms with Crippen LogP contribution in [0.2, 0.25) is 0 Å². The first-order valence-corrected chi connectivity index (χ1v) is 6.92. The second-order valence-electron chi connectivity index (χ2n) is 5.34. The molecule has 5 nitrogen and oxygen atoms in total. The van der Waals surface area contributed by atoms with E-state index < -0.39 is 0 Å². The normalized spacial score (nSPS) is 13.8. The largest absolute Gasteiger partial charge is 0.399 e. The number of carbonyl (C=O) groups is 2. The molecule has 1 aromatic rings. The quantitative estimate of drug-likeness (QED) is 0.759. The number of nitrogen functional groups attached to an aromatic ring is 1. The summed E-state index contributed by atoms with van der Waals surface area (Å²) in [7, 11) is 1.66. The van der Waals surface area contributed by atoms with Crippen LogP contribution in [0, 0.1) is 0 Å². The van der Waals surface area contributed by atoms with Crippen LogP contribution in [-0.2, 0) is 16.0 Å². The minimum absolute atomic E-state index is 0.0293. The SMILES string of the molecule is CN(CC(=O)NC1CC1)C(=O)CCc1cccc(N)c1. The lowest BCUT2D eigenvalue weighted by Crippen LogP contribution is -2.39. The zero-order chi connectivity index (χ0) is 14.5. The van der Waals surface area contributed by atoms with Gasteiger partial charge < -0.3 is 16.0 Å². The zero-order valence-corrected chi connectivity index (χ0v) is 11.8. The van der Waals surface area contributed by atoms with Gasteiger partial charge in [0.05, 0.1) is 6.54 Å². The molecule has 1 fully saturated rings. The number of carbonyl (C=O) groups excluding carboxylic acids is 2. The molecule has 20 heavy (non-hydrogen) atoms. The Labute approximate surface area is 119 Å². The summed E-state index contributed by atoms with van der Waals surface area (Å²) in [5, 5.41) is 2.87. The van der Waals surface area contributed by atoms with Gasteiger partial charge in [0, 0.05) is 25.2 Å². The molecule has 1 saturated carbocycles. The van der Waals surface area contributed by atoms with Crippen molar-refractivity contribution in [1.82, 2.24) is 10.2 Å². The molecule has 0 atom stereocenters. The van der Waals surface area contributed by atoms with E-state index in [9.17, 15) is 9.59 Å². The van der Waals surface area contributed by atoms with Crippen molar-refractivity contribution in [1.29, 1.82) is 0 Å². The molecule has 1 aliphatic carbocycles. The first-order chi connectivity index (χ1) is 9.54. The molecule has 0 aliphatic heterocycles. The maximum Gasteiger partial charge on any atom is 0.239 e. The molecule has 1 aromatic carbocycles. The molecule has 108 valence electrons. The minimum atomic E-state index is -0.0766. The second-order valence-corrected chi connectivity index (χ2v) is 5.34. The average molecular weight is 275 g/mol. The van der Waals surface area contributed by atoms with Gasteiger partial charge in [-0.1, -0.05) is 12.1 Å². The molecule has 2 rings (SSSR count). The molecule has 0 spiro atoms. The van der Waals surface area contributed by atoms with Gasteiger partial charge in [0.1, 0.15) is 0 Å². The van der Waals surface area contributed by atoms with E-state index in [2.05, 4.69) is 5.32 Å². The van der Waals surface area contributed by atoms with Crippen LogP contribution in [-0.4, -0.2) is 36.3 Å². The third-order valence-corrected chi connectivity index (χ3v) is 3.33. The molecular weight excluding hydrogens is 254 g/mol. The lowest BCUT2D eigenvalue weighted by molar-refractivity contribution is -0.134. The molecular formula is C15H21N3O2. The molecule has 0 unspecified atom stereocenters. The van der Waals surface area contributed by atoms with Crippen LogP contribution < -0.4 is 11.1 Å². The second kappa shape index (κ2) is 6.41. The van der Waals surface area contributed by atoms with Crippen molar-refractivity contribution in [2.45, 2.75) is 31.7 Å². The molecule has 5 heteroatoms. The summed E-state index contributed by atoms with van der Waals surface area (Å²) < 4.78 is 0. The van der Waals surface area contributed by atoms with Crippen LogP contribution in [0.4, 0.5) is 5.69 Å². The Morgan fingerprint density at radius 2 is 2.15 bits per heavy atom. The Bertz CT molecular complexity index is 498. The number of anilines is 1. The van der Waals surface area contributed by atoms with Gasteiger partial charge >= 0.3 is 0 Å². The monoisotopic (exact) mass is 275 g/mol. The van der Waals surface area contributed by atoms with E-state index in [1.54, 1.807) is 7.05 Å². The topological polar surface area (TPSA) is 75.4 Å². The highest BCUT2D eigenvalue weighted by Crippen LogP contribution is 2.18. The van der Waals surface area contributed by atoms with E-state index in [4.69, 9.17) is 5.73 Å². The van der Waals surface area contributed by atoms with Crippen LogP contribution in [0.15, 0.2) is 24.3 Å². The first kappa shape index (κ1) is 14.4. The molecule has 0 heterocycles. The zero-order valence-electron chi connectivity index (χ0n) is 11.8. The van der Waals surface area contributed by atoms with Gasteiger partial charge in [0.2, 0.25) is 11.8 Å².